The van der Waals surface area contributed by atoms with Gasteiger partial charge in [0.1, 0.15) is 5.75 Å². The third-order valence-electron chi connectivity index (χ3n) is 4.23. The Kier molecular flexibility index (Phi) is 10.3. The number of hydrogen-bond acceptors (Lipinski definition) is 4. The fraction of sp³-hybridized carbons (Fsp3) is 0.529. The van der Waals surface area contributed by atoms with Gasteiger partial charge < -0.3 is 15.3 Å². The molecule has 0 aliphatic carbocycles. The Balaban J connectivity index is 0.00000242. The van der Waals surface area contributed by atoms with Crippen molar-refractivity contribution < 1.29 is 5.11 Å². The molecule has 6 heteroatoms. The Hall–Kier alpha value is -0.940. The number of piperazine rings is 1. The molecule has 2 N–H and O–H groups in total. The van der Waals surface area contributed by atoms with Gasteiger partial charge in [-0.25, -0.2) is 0 Å². The number of nitrogens with one attached hydrogen (secondary N) is 1. The SMILES string of the molecule is C=C[C@@H](c1ccc(N(CC)CC)cc1O)N1CCNCC1.Cl.Cl. The van der Waals surface area contributed by atoms with Gasteiger partial charge in [0, 0.05) is 56.6 Å². The number of halogens is 2. The fourth-order valence-corrected chi connectivity index (χ4v) is 3.00. The number of rotatable bonds is 6. The molecule has 0 saturated carbocycles. The van der Waals surface area contributed by atoms with Gasteiger partial charge in [-0.3, -0.25) is 4.90 Å². The number of hydrogen-bond donors (Lipinski definition) is 2. The summed E-state index contributed by atoms with van der Waals surface area (Å²) in [6.07, 6.45) is 1.93. The predicted octanol–water partition coefficient (Wildman–Crippen LogP) is 3.21. The van der Waals surface area contributed by atoms with Gasteiger partial charge in [0.25, 0.3) is 0 Å². The predicted molar refractivity (Wildman–Crippen MR) is 104 cm³/mol. The van der Waals surface area contributed by atoms with Crippen molar-refractivity contribution in [2.24, 2.45) is 0 Å². The Morgan fingerprint density at radius 1 is 1.26 bits per heavy atom. The summed E-state index contributed by atoms with van der Waals surface area (Å²) in [6.45, 7) is 14.0. The second-order valence-electron chi connectivity index (χ2n) is 5.38. The average molecular weight is 362 g/mol. The minimum Gasteiger partial charge on any atom is -0.508 e. The number of aromatic hydroxyl groups is 1. The van der Waals surface area contributed by atoms with Crippen LogP contribution in [0.2, 0.25) is 0 Å². The van der Waals surface area contributed by atoms with Crippen molar-refractivity contribution >= 4 is 30.5 Å². The van der Waals surface area contributed by atoms with Crippen LogP contribution in [0.5, 0.6) is 5.75 Å². The van der Waals surface area contributed by atoms with Gasteiger partial charge in [0.05, 0.1) is 6.04 Å². The number of anilines is 1. The van der Waals surface area contributed by atoms with E-state index in [9.17, 15) is 5.11 Å². The summed E-state index contributed by atoms with van der Waals surface area (Å²) in [5, 5.41) is 13.8. The minimum absolute atomic E-state index is 0. The Morgan fingerprint density at radius 3 is 2.35 bits per heavy atom. The van der Waals surface area contributed by atoms with Crippen molar-refractivity contribution in [3.8, 4) is 5.75 Å². The van der Waals surface area contributed by atoms with Crippen molar-refractivity contribution in [1.29, 1.82) is 0 Å². The molecule has 1 fully saturated rings. The summed E-state index contributed by atoms with van der Waals surface area (Å²) in [7, 11) is 0. The molecule has 1 aliphatic rings. The van der Waals surface area contributed by atoms with E-state index in [-0.39, 0.29) is 30.9 Å². The lowest BCUT2D eigenvalue weighted by Gasteiger charge is -2.34. The van der Waals surface area contributed by atoms with Crippen LogP contribution in [0, 0.1) is 0 Å². The molecule has 1 atom stereocenters. The second kappa shape index (κ2) is 10.8. The molecule has 0 aromatic heterocycles. The zero-order chi connectivity index (χ0) is 15.2. The quantitative estimate of drug-likeness (QED) is 0.763. The van der Waals surface area contributed by atoms with Crippen LogP contribution in [0.25, 0.3) is 0 Å². The van der Waals surface area contributed by atoms with Crippen LogP contribution in [-0.2, 0) is 0 Å². The molecule has 132 valence electrons. The average Bonchev–Trinajstić information content (AvgIpc) is 2.52. The maximum absolute atomic E-state index is 10.4. The molecule has 0 spiro atoms. The van der Waals surface area contributed by atoms with Crippen LogP contribution in [-0.4, -0.2) is 49.3 Å². The monoisotopic (exact) mass is 361 g/mol. The molecule has 1 heterocycles. The van der Waals surface area contributed by atoms with E-state index in [4.69, 9.17) is 0 Å². The first-order chi connectivity index (χ1) is 10.2. The Labute approximate surface area is 152 Å². The summed E-state index contributed by atoms with van der Waals surface area (Å²) in [5.41, 5.74) is 2.02. The van der Waals surface area contributed by atoms with Crippen LogP contribution < -0.4 is 10.2 Å². The number of benzene rings is 1. The van der Waals surface area contributed by atoms with Gasteiger partial charge >= 0.3 is 0 Å². The van der Waals surface area contributed by atoms with E-state index in [1.165, 1.54) is 0 Å². The standard InChI is InChI=1S/C17H27N3O.2ClH/c1-4-16(20-11-9-18-10-12-20)15-8-7-14(13-17(15)21)19(5-2)6-3;;/h4,7-8,13,16,18,21H,1,5-6,9-12H2,2-3H3;2*1H/t16-;;/m0../s1. The van der Waals surface area contributed by atoms with Crippen LogP contribution in [0.1, 0.15) is 25.5 Å². The van der Waals surface area contributed by atoms with Crippen molar-refractivity contribution in [2.45, 2.75) is 19.9 Å². The van der Waals surface area contributed by atoms with E-state index in [0.717, 1.165) is 50.5 Å². The van der Waals surface area contributed by atoms with Crippen molar-refractivity contribution in [3.63, 3.8) is 0 Å². The van der Waals surface area contributed by atoms with Crippen LogP contribution in [0.15, 0.2) is 30.9 Å². The molecule has 1 saturated heterocycles. The summed E-state index contributed by atoms with van der Waals surface area (Å²) in [5.74, 6) is 0.364. The topological polar surface area (TPSA) is 38.7 Å². The van der Waals surface area contributed by atoms with E-state index in [2.05, 4.69) is 41.6 Å². The molecular weight excluding hydrogens is 333 g/mol. The van der Waals surface area contributed by atoms with Crippen LogP contribution in [0.4, 0.5) is 5.69 Å². The molecule has 1 aromatic rings. The lowest BCUT2D eigenvalue weighted by atomic mass is 10.0. The molecule has 0 bridgehead atoms. The summed E-state index contributed by atoms with van der Waals surface area (Å²) in [4.78, 5) is 4.59. The highest BCUT2D eigenvalue weighted by molar-refractivity contribution is 5.85. The lowest BCUT2D eigenvalue weighted by Crippen LogP contribution is -2.44. The first kappa shape index (κ1) is 22.1. The molecular formula is C17H29Cl2N3O. The second-order valence-corrected chi connectivity index (χ2v) is 5.38. The third-order valence-corrected chi connectivity index (χ3v) is 4.23. The Morgan fingerprint density at radius 2 is 1.87 bits per heavy atom. The molecule has 4 nitrogen and oxygen atoms in total. The van der Waals surface area contributed by atoms with Crippen LogP contribution >= 0.6 is 24.8 Å². The van der Waals surface area contributed by atoms with Gasteiger partial charge in [-0.15, -0.1) is 31.4 Å². The van der Waals surface area contributed by atoms with E-state index in [1.54, 1.807) is 0 Å². The van der Waals surface area contributed by atoms with Crippen LogP contribution in [0.3, 0.4) is 0 Å². The lowest BCUT2D eigenvalue weighted by molar-refractivity contribution is 0.201. The van der Waals surface area contributed by atoms with E-state index in [0.29, 0.717) is 5.75 Å². The molecule has 1 aromatic carbocycles. The molecule has 23 heavy (non-hydrogen) atoms. The smallest absolute Gasteiger partial charge is 0.122 e. The normalized spacial score (nSPS) is 15.9. The molecule has 2 rings (SSSR count). The summed E-state index contributed by atoms with van der Waals surface area (Å²) < 4.78 is 0. The third kappa shape index (κ3) is 5.28. The summed E-state index contributed by atoms with van der Waals surface area (Å²) in [6, 6.07) is 6.09. The van der Waals surface area contributed by atoms with Crippen molar-refractivity contribution in [3.05, 3.63) is 36.4 Å². The van der Waals surface area contributed by atoms with Gasteiger partial charge in [-0.05, 0) is 19.9 Å². The van der Waals surface area contributed by atoms with E-state index < -0.39 is 0 Å². The maximum atomic E-state index is 10.4. The molecule has 0 amide bonds. The largest absolute Gasteiger partial charge is 0.508 e. The minimum atomic E-state index is 0. The van der Waals surface area contributed by atoms with Gasteiger partial charge in [0.2, 0.25) is 0 Å². The van der Waals surface area contributed by atoms with Crippen molar-refractivity contribution in [2.75, 3.05) is 44.2 Å². The highest BCUT2D eigenvalue weighted by atomic mass is 35.5. The van der Waals surface area contributed by atoms with Crippen molar-refractivity contribution in [1.82, 2.24) is 10.2 Å². The first-order valence-electron chi connectivity index (χ1n) is 7.86. The number of phenols is 1. The Bertz CT molecular complexity index is 475. The summed E-state index contributed by atoms with van der Waals surface area (Å²) >= 11 is 0. The first-order valence-corrected chi connectivity index (χ1v) is 7.86. The molecule has 1 aliphatic heterocycles. The zero-order valence-corrected chi connectivity index (χ0v) is 15.6. The number of phenolic OH excluding ortho intramolecular Hbond substituents is 1. The van der Waals surface area contributed by atoms with E-state index in [1.807, 2.05) is 18.2 Å². The van der Waals surface area contributed by atoms with E-state index >= 15 is 0 Å². The highest BCUT2D eigenvalue weighted by Crippen LogP contribution is 2.33. The number of nitrogens with zero attached hydrogens (tertiary/aromatic N) is 2. The maximum Gasteiger partial charge on any atom is 0.122 e. The molecule has 0 unspecified atom stereocenters. The highest BCUT2D eigenvalue weighted by Gasteiger charge is 2.22. The molecule has 0 radical (unpaired) electrons. The van der Waals surface area contributed by atoms with Gasteiger partial charge in [0.15, 0.2) is 0 Å². The zero-order valence-electron chi connectivity index (χ0n) is 14.0. The van der Waals surface area contributed by atoms with Gasteiger partial charge in [-0.2, -0.15) is 0 Å². The van der Waals surface area contributed by atoms with Gasteiger partial charge in [-0.1, -0.05) is 12.1 Å². The fourth-order valence-electron chi connectivity index (χ4n) is 3.00.